The molecule has 0 bridgehead atoms. The van der Waals surface area contributed by atoms with Gasteiger partial charge in [-0.05, 0) is 12.1 Å². The van der Waals surface area contributed by atoms with Crippen molar-refractivity contribution in [3.05, 3.63) is 41.2 Å². The van der Waals surface area contributed by atoms with Crippen molar-refractivity contribution in [2.24, 2.45) is 0 Å². The van der Waals surface area contributed by atoms with Crippen LogP contribution in [0.15, 0.2) is 34.1 Å². The van der Waals surface area contributed by atoms with Crippen molar-refractivity contribution in [3.8, 4) is 0 Å². The third kappa shape index (κ3) is 3.83. The van der Waals surface area contributed by atoms with E-state index in [9.17, 15) is 4.79 Å². The van der Waals surface area contributed by atoms with Crippen molar-refractivity contribution >= 4 is 29.1 Å². The maximum Gasteiger partial charge on any atom is 0.309 e. The Morgan fingerprint density at radius 2 is 2.29 bits per heavy atom. The molecule has 17 heavy (non-hydrogen) atoms. The summed E-state index contributed by atoms with van der Waals surface area (Å²) in [4.78, 5) is 19.0. The molecule has 1 N–H and O–H groups in total. The van der Waals surface area contributed by atoms with E-state index in [1.165, 1.54) is 11.3 Å². The first-order valence-corrected chi connectivity index (χ1v) is 6.79. The normalized spacial score (nSPS) is 10.4. The highest BCUT2D eigenvalue weighted by atomic mass is 32.2. The lowest BCUT2D eigenvalue weighted by molar-refractivity contribution is -0.136. The van der Waals surface area contributed by atoms with Crippen molar-refractivity contribution in [2.45, 2.75) is 16.5 Å². The van der Waals surface area contributed by atoms with E-state index in [0.717, 1.165) is 15.8 Å². The molecule has 0 fully saturated rings. The number of hydrogen-bond acceptors (Lipinski definition) is 5. The van der Waals surface area contributed by atoms with Crippen molar-refractivity contribution in [3.63, 3.8) is 0 Å². The standard InChI is InChI=1S/C11H10N2O2S2/c14-10(15)5-9-7-17-11(13-9)16-6-8-3-1-2-4-12-8/h1-4,7H,5-6H2,(H,14,15). The lowest BCUT2D eigenvalue weighted by atomic mass is 10.3. The summed E-state index contributed by atoms with van der Waals surface area (Å²) in [5.41, 5.74) is 1.61. The molecular formula is C11H10N2O2S2. The predicted molar refractivity (Wildman–Crippen MR) is 67.3 cm³/mol. The van der Waals surface area contributed by atoms with Crippen LogP contribution in [0.2, 0.25) is 0 Å². The summed E-state index contributed by atoms with van der Waals surface area (Å²) in [6.45, 7) is 0. The number of carboxylic acid groups (broad SMARTS) is 1. The van der Waals surface area contributed by atoms with Gasteiger partial charge in [0.25, 0.3) is 0 Å². The van der Waals surface area contributed by atoms with Crippen LogP contribution in [0, 0.1) is 0 Å². The number of thiazole rings is 1. The van der Waals surface area contributed by atoms with Crippen molar-refractivity contribution < 1.29 is 9.90 Å². The van der Waals surface area contributed by atoms with Crippen LogP contribution in [0.4, 0.5) is 0 Å². The van der Waals surface area contributed by atoms with E-state index in [-0.39, 0.29) is 6.42 Å². The molecule has 0 saturated carbocycles. The van der Waals surface area contributed by atoms with E-state index in [1.807, 2.05) is 18.2 Å². The molecule has 0 spiro atoms. The second-order valence-electron chi connectivity index (χ2n) is 3.29. The monoisotopic (exact) mass is 266 g/mol. The molecule has 2 aromatic heterocycles. The Morgan fingerprint density at radius 3 is 3.00 bits per heavy atom. The summed E-state index contributed by atoms with van der Waals surface area (Å²) in [5, 5.41) is 10.4. The molecule has 88 valence electrons. The van der Waals surface area contributed by atoms with Gasteiger partial charge in [-0.25, -0.2) is 4.98 Å². The summed E-state index contributed by atoms with van der Waals surface area (Å²) >= 11 is 3.04. The van der Waals surface area contributed by atoms with Gasteiger partial charge in [0.1, 0.15) is 0 Å². The van der Waals surface area contributed by atoms with Crippen molar-refractivity contribution in [1.29, 1.82) is 0 Å². The zero-order valence-corrected chi connectivity index (χ0v) is 10.5. The van der Waals surface area contributed by atoms with Crippen LogP contribution in [-0.2, 0) is 17.0 Å². The van der Waals surface area contributed by atoms with Crippen LogP contribution in [0.1, 0.15) is 11.4 Å². The molecule has 0 atom stereocenters. The lowest BCUT2D eigenvalue weighted by Gasteiger charge is -1.96. The Balaban J connectivity index is 1.91. The molecule has 0 aliphatic rings. The molecule has 2 heterocycles. The minimum atomic E-state index is -0.850. The number of thioether (sulfide) groups is 1. The minimum Gasteiger partial charge on any atom is -0.481 e. The SMILES string of the molecule is O=C(O)Cc1csc(SCc2ccccn2)n1. The first kappa shape index (κ1) is 12.1. The third-order valence-corrected chi connectivity index (χ3v) is 4.04. The number of aliphatic carboxylic acids is 1. The smallest absolute Gasteiger partial charge is 0.309 e. The Hall–Kier alpha value is -1.40. The average molecular weight is 266 g/mol. The van der Waals surface area contributed by atoms with Crippen LogP contribution >= 0.6 is 23.1 Å². The van der Waals surface area contributed by atoms with Gasteiger partial charge in [0.15, 0.2) is 4.34 Å². The Morgan fingerprint density at radius 1 is 1.41 bits per heavy atom. The molecule has 0 radical (unpaired) electrons. The Labute approximate surface area is 107 Å². The van der Waals surface area contributed by atoms with Crippen LogP contribution in [-0.4, -0.2) is 21.0 Å². The summed E-state index contributed by atoms with van der Waals surface area (Å²) in [7, 11) is 0. The van der Waals surface area contributed by atoms with Gasteiger partial charge in [0.05, 0.1) is 17.8 Å². The molecule has 0 unspecified atom stereocenters. The molecule has 2 aromatic rings. The quantitative estimate of drug-likeness (QED) is 0.842. The zero-order chi connectivity index (χ0) is 12.1. The van der Waals surface area contributed by atoms with E-state index in [1.54, 1.807) is 23.3 Å². The maximum absolute atomic E-state index is 10.5. The molecule has 2 rings (SSSR count). The number of nitrogens with zero attached hydrogens (tertiary/aromatic N) is 2. The summed E-state index contributed by atoms with van der Waals surface area (Å²) < 4.78 is 0.881. The third-order valence-electron chi connectivity index (χ3n) is 1.93. The van der Waals surface area contributed by atoms with Gasteiger partial charge in [0.2, 0.25) is 0 Å². The molecule has 0 saturated heterocycles. The maximum atomic E-state index is 10.5. The van der Waals surface area contributed by atoms with E-state index >= 15 is 0 Å². The van der Waals surface area contributed by atoms with E-state index in [2.05, 4.69) is 9.97 Å². The number of hydrogen-bond donors (Lipinski definition) is 1. The average Bonchev–Trinajstić information content (AvgIpc) is 2.75. The fourth-order valence-electron chi connectivity index (χ4n) is 1.21. The molecule has 6 heteroatoms. The van der Waals surface area contributed by atoms with Gasteiger partial charge in [-0.3, -0.25) is 9.78 Å². The van der Waals surface area contributed by atoms with Gasteiger partial charge >= 0.3 is 5.97 Å². The topological polar surface area (TPSA) is 63.1 Å². The van der Waals surface area contributed by atoms with Crippen LogP contribution < -0.4 is 0 Å². The van der Waals surface area contributed by atoms with Gasteiger partial charge < -0.3 is 5.11 Å². The van der Waals surface area contributed by atoms with Gasteiger partial charge in [0, 0.05) is 17.3 Å². The lowest BCUT2D eigenvalue weighted by Crippen LogP contribution is -1.99. The number of rotatable bonds is 5. The van der Waals surface area contributed by atoms with E-state index in [4.69, 9.17) is 5.11 Å². The van der Waals surface area contributed by atoms with Gasteiger partial charge in [-0.15, -0.1) is 11.3 Å². The molecular weight excluding hydrogens is 256 g/mol. The first-order chi connectivity index (χ1) is 8.24. The van der Waals surface area contributed by atoms with Gasteiger partial charge in [-0.2, -0.15) is 0 Å². The fourth-order valence-corrected chi connectivity index (χ4v) is 2.97. The predicted octanol–water partition coefficient (Wildman–Crippen LogP) is 2.46. The molecule has 0 amide bonds. The fraction of sp³-hybridized carbons (Fsp3) is 0.182. The highest BCUT2D eigenvalue weighted by molar-refractivity contribution is 8.00. The molecule has 0 aliphatic heterocycles. The summed E-state index contributed by atoms with van der Waals surface area (Å²) in [6.07, 6.45) is 1.74. The second kappa shape index (κ2) is 5.79. The highest BCUT2D eigenvalue weighted by Gasteiger charge is 2.06. The van der Waals surface area contributed by atoms with Crippen molar-refractivity contribution in [2.75, 3.05) is 0 Å². The zero-order valence-electron chi connectivity index (χ0n) is 8.87. The van der Waals surface area contributed by atoms with Gasteiger partial charge in [-0.1, -0.05) is 17.8 Å². The molecule has 0 aromatic carbocycles. The summed E-state index contributed by atoms with van der Waals surface area (Å²) in [6, 6.07) is 5.78. The Kier molecular flexibility index (Phi) is 4.11. The minimum absolute atomic E-state index is 0.0132. The van der Waals surface area contributed by atoms with Crippen LogP contribution in [0.25, 0.3) is 0 Å². The number of pyridine rings is 1. The first-order valence-electron chi connectivity index (χ1n) is 4.93. The molecule has 4 nitrogen and oxygen atoms in total. The van der Waals surface area contributed by atoms with Crippen LogP contribution in [0.5, 0.6) is 0 Å². The van der Waals surface area contributed by atoms with Crippen molar-refractivity contribution in [1.82, 2.24) is 9.97 Å². The second-order valence-corrected chi connectivity index (χ2v) is 5.37. The van der Waals surface area contributed by atoms with E-state index < -0.39 is 5.97 Å². The highest BCUT2D eigenvalue weighted by Crippen LogP contribution is 2.25. The number of aromatic nitrogens is 2. The Bertz CT molecular complexity index is 499. The number of carbonyl (C=O) groups is 1. The summed E-state index contributed by atoms with van der Waals surface area (Å²) in [5.74, 6) is -0.0995. The van der Waals surface area contributed by atoms with E-state index in [0.29, 0.717) is 5.69 Å². The largest absolute Gasteiger partial charge is 0.481 e. The van der Waals surface area contributed by atoms with Crippen LogP contribution in [0.3, 0.4) is 0 Å². The number of carboxylic acids is 1. The molecule has 0 aliphatic carbocycles.